The summed E-state index contributed by atoms with van der Waals surface area (Å²) in [4.78, 5) is 11.3. The van der Waals surface area contributed by atoms with Crippen molar-refractivity contribution in [1.82, 2.24) is 4.37 Å². The lowest BCUT2D eigenvalue weighted by Crippen LogP contribution is -2.28. The predicted octanol–water partition coefficient (Wildman–Crippen LogP) is 2.20. The van der Waals surface area contributed by atoms with Crippen LogP contribution in [-0.4, -0.2) is 16.3 Å². The number of anilines is 2. The fourth-order valence-electron chi connectivity index (χ4n) is 2.60. The van der Waals surface area contributed by atoms with Gasteiger partial charge in [0.1, 0.15) is 10.6 Å². The number of nitrogens with zero attached hydrogens (tertiary/aromatic N) is 1. The van der Waals surface area contributed by atoms with Gasteiger partial charge in [-0.25, -0.2) is 0 Å². The zero-order valence-electron chi connectivity index (χ0n) is 10.6. The molecule has 1 heterocycles. The van der Waals surface area contributed by atoms with E-state index in [0.29, 0.717) is 22.5 Å². The van der Waals surface area contributed by atoms with Gasteiger partial charge in [-0.05, 0) is 37.2 Å². The van der Waals surface area contributed by atoms with Gasteiger partial charge in [0.2, 0.25) is 0 Å². The number of hydrogen-bond acceptors (Lipinski definition) is 5. The summed E-state index contributed by atoms with van der Waals surface area (Å²) in [7, 11) is 0. The highest BCUT2D eigenvalue weighted by Gasteiger charge is 2.23. The fraction of sp³-hybridized carbons (Fsp3) is 0.667. The highest BCUT2D eigenvalue weighted by atomic mass is 32.1. The maximum atomic E-state index is 11.3. The number of hydrogen-bond donors (Lipinski definition) is 3. The Balaban J connectivity index is 2.06. The van der Waals surface area contributed by atoms with Crippen molar-refractivity contribution in [1.29, 1.82) is 0 Å². The summed E-state index contributed by atoms with van der Waals surface area (Å²) in [6.07, 6.45) is 6.42. The first-order chi connectivity index (χ1) is 8.59. The van der Waals surface area contributed by atoms with Gasteiger partial charge in [0.25, 0.3) is 5.91 Å². The van der Waals surface area contributed by atoms with Crippen LogP contribution in [0.2, 0.25) is 0 Å². The number of aromatic nitrogens is 1. The third kappa shape index (κ3) is 2.75. The molecule has 1 unspecified atom stereocenters. The third-order valence-corrected chi connectivity index (χ3v) is 4.47. The first-order valence-electron chi connectivity index (χ1n) is 6.41. The number of amides is 1. The molecule has 0 aromatic carbocycles. The zero-order valence-corrected chi connectivity index (χ0v) is 11.4. The average Bonchev–Trinajstić information content (AvgIpc) is 2.71. The maximum absolute atomic E-state index is 11.3. The SMILES string of the molecule is CC(Nc1snc(N)c1C(N)=O)C1CCCCC1. The summed E-state index contributed by atoms with van der Waals surface area (Å²) >= 11 is 1.21. The number of carbonyl (C=O) groups is 1. The van der Waals surface area contributed by atoms with E-state index in [4.69, 9.17) is 11.5 Å². The molecule has 0 bridgehead atoms. The number of primary amides is 1. The van der Waals surface area contributed by atoms with E-state index in [1.165, 1.54) is 43.6 Å². The molecule has 5 N–H and O–H groups in total. The second-order valence-electron chi connectivity index (χ2n) is 4.97. The molecule has 1 aromatic rings. The van der Waals surface area contributed by atoms with Crippen molar-refractivity contribution in [3.05, 3.63) is 5.56 Å². The number of carbonyl (C=O) groups excluding carboxylic acids is 1. The zero-order chi connectivity index (χ0) is 13.1. The number of nitrogens with two attached hydrogens (primary N) is 2. The van der Waals surface area contributed by atoms with Gasteiger partial charge in [0.05, 0.1) is 0 Å². The molecular formula is C12H20N4OS. The number of nitrogen functional groups attached to an aromatic ring is 1. The van der Waals surface area contributed by atoms with E-state index in [2.05, 4.69) is 16.6 Å². The Morgan fingerprint density at radius 1 is 1.44 bits per heavy atom. The van der Waals surface area contributed by atoms with Gasteiger partial charge in [0.15, 0.2) is 5.82 Å². The molecule has 6 heteroatoms. The van der Waals surface area contributed by atoms with Crippen LogP contribution in [0.3, 0.4) is 0 Å². The average molecular weight is 268 g/mol. The molecule has 100 valence electrons. The largest absolute Gasteiger partial charge is 0.382 e. The summed E-state index contributed by atoms with van der Waals surface area (Å²) in [5.74, 6) is 0.369. The normalized spacial score (nSPS) is 18.5. The molecule has 5 nitrogen and oxygen atoms in total. The van der Waals surface area contributed by atoms with Crippen LogP contribution in [0.1, 0.15) is 49.4 Å². The van der Waals surface area contributed by atoms with Crippen LogP contribution in [0.15, 0.2) is 0 Å². The Morgan fingerprint density at radius 2 is 2.11 bits per heavy atom. The lowest BCUT2D eigenvalue weighted by atomic mass is 9.84. The van der Waals surface area contributed by atoms with Crippen LogP contribution in [0.4, 0.5) is 10.8 Å². The molecule has 0 radical (unpaired) electrons. The summed E-state index contributed by atoms with van der Waals surface area (Å²) in [5, 5.41) is 4.06. The molecule has 0 saturated heterocycles. The van der Waals surface area contributed by atoms with Crippen molar-refractivity contribution >= 4 is 28.3 Å². The number of nitrogens with one attached hydrogen (secondary N) is 1. The van der Waals surface area contributed by atoms with Crippen molar-refractivity contribution in [2.75, 3.05) is 11.1 Å². The van der Waals surface area contributed by atoms with Crippen molar-refractivity contribution in [2.45, 2.75) is 45.1 Å². The molecular weight excluding hydrogens is 248 g/mol. The third-order valence-electron chi connectivity index (χ3n) is 3.68. The van der Waals surface area contributed by atoms with Gasteiger partial charge in [-0.1, -0.05) is 19.3 Å². The Hall–Kier alpha value is -1.30. The van der Waals surface area contributed by atoms with E-state index in [9.17, 15) is 4.79 Å². The minimum Gasteiger partial charge on any atom is -0.382 e. The molecule has 1 atom stereocenters. The van der Waals surface area contributed by atoms with E-state index in [0.717, 1.165) is 0 Å². The Bertz CT molecular complexity index is 426. The maximum Gasteiger partial charge on any atom is 0.255 e. The van der Waals surface area contributed by atoms with Crippen LogP contribution >= 0.6 is 11.5 Å². The molecule has 0 aliphatic heterocycles. The van der Waals surface area contributed by atoms with Crippen LogP contribution in [0.25, 0.3) is 0 Å². The first-order valence-corrected chi connectivity index (χ1v) is 7.18. The van der Waals surface area contributed by atoms with Crippen molar-refractivity contribution in [2.24, 2.45) is 11.7 Å². The minimum atomic E-state index is -0.514. The van der Waals surface area contributed by atoms with Gasteiger partial charge in [-0.3, -0.25) is 4.79 Å². The molecule has 2 rings (SSSR count). The molecule has 1 aromatic heterocycles. The van der Waals surface area contributed by atoms with E-state index in [1.807, 2.05) is 0 Å². The molecule has 18 heavy (non-hydrogen) atoms. The van der Waals surface area contributed by atoms with E-state index in [-0.39, 0.29) is 5.82 Å². The number of rotatable bonds is 4. The van der Waals surface area contributed by atoms with E-state index >= 15 is 0 Å². The Morgan fingerprint density at radius 3 is 2.72 bits per heavy atom. The smallest absolute Gasteiger partial charge is 0.255 e. The molecule has 1 amide bonds. The van der Waals surface area contributed by atoms with Gasteiger partial charge in [-0.2, -0.15) is 4.37 Å². The topological polar surface area (TPSA) is 94.0 Å². The summed E-state index contributed by atoms with van der Waals surface area (Å²) in [5.41, 5.74) is 11.3. The highest BCUT2D eigenvalue weighted by molar-refractivity contribution is 7.11. The second kappa shape index (κ2) is 5.56. The van der Waals surface area contributed by atoms with Crippen molar-refractivity contribution in [3.63, 3.8) is 0 Å². The minimum absolute atomic E-state index is 0.228. The van der Waals surface area contributed by atoms with Crippen molar-refractivity contribution in [3.8, 4) is 0 Å². The van der Waals surface area contributed by atoms with Crippen LogP contribution in [0, 0.1) is 5.92 Å². The lowest BCUT2D eigenvalue weighted by Gasteiger charge is -2.28. The van der Waals surface area contributed by atoms with Gasteiger partial charge in [-0.15, -0.1) is 0 Å². The van der Waals surface area contributed by atoms with Crippen LogP contribution in [-0.2, 0) is 0 Å². The second-order valence-corrected chi connectivity index (χ2v) is 5.74. The Kier molecular flexibility index (Phi) is 4.06. The predicted molar refractivity (Wildman–Crippen MR) is 74.7 cm³/mol. The van der Waals surface area contributed by atoms with Gasteiger partial charge in [0, 0.05) is 6.04 Å². The van der Waals surface area contributed by atoms with Gasteiger partial charge >= 0.3 is 0 Å². The van der Waals surface area contributed by atoms with Crippen molar-refractivity contribution < 1.29 is 4.79 Å². The molecule has 1 aliphatic rings. The standard InChI is InChI=1S/C12H20N4OS/c1-7(8-5-3-2-4-6-8)15-12-9(11(14)17)10(13)16-18-12/h7-8,15H,2-6H2,1H3,(H2,13,16)(H2,14,17). The molecule has 1 aliphatic carbocycles. The monoisotopic (exact) mass is 268 g/mol. The van der Waals surface area contributed by atoms with Crippen LogP contribution in [0.5, 0.6) is 0 Å². The van der Waals surface area contributed by atoms with Gasteiger partial charge < -0.3 is 16.8 Å². The molecule has 1 fully saturated rings. The van der Waals surface area contributed by atoms with Crippen LogP contribution < -0.4 is 16.8 Å². The molecule has 1 saturated carbocycles. The molecule has 0 spiro atoms. The quantitative estimate of drug-likeness (QED) is 0.780. The lowest BCUT2D eigenvalue weighted by molar-refractivity contribution is 0.100. The van der Waals surface area contributed by atoms with E-state index < -0.39 is 5.91 Å². The fourth-order valence-corrected chi connectivity index (χ4v) is 3.41. The summed E-state index contributed by atoms with van der Waals surface area (Å²) < 4.78 is 3.99. The summed E-state index contributed by atoms with van der Waals surface area (Å²) in [6, 6.07) is 0.322. The van der Waals surface area contributed by atoms with E-state index in [1.54, 1.807) is 0 Å². The summed E-state index contributed by atoms with van der Waals surface area (Å²) in [6.45, 7) is 2.15. The first kappa shape index (κ1) is 13.1. The Labute approximate surface area is 111 Å². The highest BCUT2D eigenvalue weighted by Crippen LogP contribution is 2.31.